The zero-order valence-electron chi connectivity index (χ0n) is 9.31. The van der Waals surface area contributed by atoms with E-state index in [-0.39, 0.29) is 31.1 Å². The second kappa shape index (κ2) is 5.87. The Morgan fingerprint density at radius 3 is 2.35 bits per heavy atom. The fraction of sp³-hybridized carbons (Fsp3) is 0. The Balaban J connectivity index is 2.41. The Hall–Kier alpha value is -0.860. The number of aromatic nitrogens is 3. The maximum atomic E-state index is 12.1. The minimum absolute atomic E-state index is 0.00126. The lowest BCUT2D eigenvalue weighted by Gasteiger charge is -2.09. The third-order valence-corrected chi connectivity index (χ3v) is 4.79. The number of hydrogen-bond acceptors (Lipinski definition) is 5. The summed E-state index contributed by atoms with van der Waals surface area (Å²) in [5.41, 5.74) is 0. The second-order valence-electron chi connectivity index (χ2n) is 3.38. The highest BCUT2D eigenvalue weighted by molar-refractivity contribution is 7.92. The third-order valence-electron chi connectivity index (χ3n) is 2.06. The van der Waals surface area contributed by atoms with Gasteiger partial charge in [-0.1, -0.05) is 46.4 Å². The Morgan fingerprint density at radius 2 is 1.70 bits per heavy atom. The van der Waals surface area contributed by atoms with Gasteiger partial charge in [0.1, 0.15) is 21.4 Å². The fourth-order valence-corrected chi connectivity index (χ4v) is 2.82. The van der Waals surface area contributed by atoms with Crippen LogP contribution >= 0.6 is 46.4 Å². The van der Waals surface area contributed by atoms with Crippen molar-refractivity contribution < 1.29 is 8.42 Å². The molecule has 0 saturated heterocycles. The summed E-state index contributed by atoms with van der Waals surface area (Å²) < 4.78 is 26.4. The Kier molecular flexibility index (Phi) is 4.55. The van der Waals surface area contributed by atoms with E-state index in [1.165, 1.54) is 0 Å². The molecule has 1 N–H and O–H groups in total. The summed E-state index contributed by atoms with van der Waals surface area (Å²) in [7, 11) is -3.98. The smallest absolute Gasteiger partial charge is 0.262 e. The van der Waals surface area contributed by atoms with Gasteiger partial charge in [0.05, 0.1) is 5.02 Å². The Bertz CT molecular complexity index is 769. The number of pyridine rings is 1. The second-order valence-corrected chi connectivity index (χ2v) is 6.56. The first-order chi connectivity index (χ1) is 9.31. The molecule has 0 unspecified atom stereocenters. The van der Waals surface area contributed by atoms with Crippen LogP contribution in [0.4, 0.5) is 5.82 Å². The maximum absolute atomic E-state index is 12.1. The zero-order valence-corrected chi connectivity index (χ0v) is 13.2. The SMILES string of the molecule is O=S(=O)(Nc1ncnc(Cl)c1Cl)c1cnc(Cl)c(Cl)c1. The van der Waals surface area contributed by atoms with Crippen LogP contribution in [0.3, 0.4) is 0 Å². The minimum atomic E-state index is -3.98. The average molecular weight is 374 g/mol. The van der Waals surface area contributed by atoms with Crippen LogP contribution in [-0.4, -0.2) is 23.4 Å². The van der Waals surface area contributed by atoms with E-state index in [2.05, 4.69) is 19.7 Å². The highest BCUT2D eigenvalue weighted by Crippen LogP contribution is 2.28. The maximum Gasteiger partial charge on any atom is 0.264 e. The van der Waals surface area contributed by atoms with Gasteiger partial charge in [0.2, 0.25) is 0 Å². The molecule has 2 heterocycles. The largest absolute Gasteiger partial charge is 0.264 e. The number of hydrogen-bond donors (Lipinski definition) is 1. The van der Waals surface area contributed by atoms with Gasteiger partial charge in [0.15, 0.2) is 11.0 Å². The van der Waals surface area contributed by atoms with Crippen LogP contribution in [0.25, 0.3) is 0 Å². The molecule has 106 valence electrons. The molecule has 2 aromatic heterocycles. The van der Waals surface area contributed by atoms with Crippen molar-refractivity contribution in [1.82, 2.24) is 15.0 Å². The van der Waals surface area contributed by atoms with E-state index in [1.807, 2.05) is 0 Å². The van der Waals surface area contributed by atoms with Gasteiger partial charge in [0.25, 0.3) is 10.0 Å². The molecule has 6 nitrogen and oxygen atoms in total. The third kappa shape index (κ3) is 3.24. The van der Waals surface area contributed by atoms with Crippen LogP contribution in [0.15, 0.2) is 23.5 Å². The van der Waals surface area contributed by atoms with E-state index >= 15 is 0 Å². The molecule has 2 rings (SSSR count). The predicted octanol–water partition coefficient (Wildman–Crippen LogP) is 3.29. The van der Waals surface area contributed by atoms with Crippen molar-refractivity contribution in [2.75, 3.05) is 4.72 Å². The molecule has 0 aliphatic carbocycles. The van der Waals surface area contributed by atoms with Gasteiger partial charge in [-0.2, -0.15) is 0 Å². The Labute approximate surface area is 134 Å². The summed E-state index contributed by atoms with van der Waals surface area (Å²) in [4.78, 5) is 10.7. The fourth-order valence-electron chi connectivity index (χ4n) is 1.16. The van der Waals surface area contributed by atoms with Gasteiger partial charge >= 0.3 is 0 Å². The van der Waals surface area contributed by atoms with Crippen LogP contribution in [0, 0.1) is 0 Å². The molecule has 0 radical (unpaired) electrons. The topological polar surface area (TPSA) is 84.8 Å². The summed E-state index contributed by atoms with van der Waals surface area (Å²) in [5.74, 6) is -0.155. The lowest BCUT2D eigenvalue weighted by Crippen LogP contribution is -2.15. The van der Waals surface area contributed by atoms with Gasteiger partial charge in [0, 0.05) is 6.20 Å². The van der Waals surface area contributed by atoms with Gasteiger partial charge in [-0.15, -0.1) is 0 Å². The summed E-state index contributed by atoms with van der Waals surface area (Å²) in [6.45, 7) is 0. The van der Waals surface area contributed by atoms with Crippen LogP contribution < -0.4 is 4.72 Å². The average Bonchev–Trinajstić information content (AvgIpc) is 2.38. The lowest BCUT2D eigenvalue weighted by atomic mass is 10.5. The van der Waals surface area contributed by atoms with Crippen molar-refractivity contribution in [3.05, 3.63) is 38.9 Å². The summed E-state index contributed by atoms with van der Waals surface area (Å²) in [5, 5.41) is -0.201. The van der Waals surface area contributed by atoms with Gasteiger partial charge in [-0.25, -0.2) is 23.4 Å². The quantitative estimate of drug-likeness (QED) is 0.659. The van der Waals surface area contributed by atoms with E-state index in [0.717, 1.165) is 18.6 Å². The number of nitrogens with one attached hydrogen (secondary N) is 1. The summed E-state index contributed by atoms with van der Waals surface area (Å²) in [6.07, 6.45) is 2.12. The van der Waals surface area contributed by atoms with Crippen molar-refractivity contribution in [2.24, 2.45) is 0 Å². The van der Waals surface area contributed by atoms with E-state index in [1.54, 1.807) is 0 Å². The molecule has 20 heavy (non-hydrogen) atoms. The monoisotopic (exact) mass is 372 g/mol. The summed E-state index contributed by atoms with van der Waals surface area (Å²) in [6, 6.07) is 1.15. The first-order valence-corrected chi connectivity index (χ1v) is 7.80. The molecular formula is C9H4Cl4N4O2S. The molecule has 0 saturated carbocycles. The molecule has 2 aromatic rings. The van der Waals surface area contributed by atoms with E-state index in [4.69, 9.17) is 46.4 Å². The number of nitrogens with zero attached hydrogens (tertiary/aromatic N) is 3. The van der Waals surface area contributed by atoms with Crippen molar-refractivity contribution in [2.45, 2.75) is 4.90 Å². The van der Waals surface area contributed by atoms with Crippen LogP contribution in [-0.2, 0) is 10.0 Å². The van der Waals surface area contributed by atoms with E-state index in [9.17, 15) is 8.42 Å². The van der Waals surface area contributed by atoms with Crippen molar-refractivity contribution in [1.29, 1.82) is 0 Å². The van der Waals surface area contributed by atoms with Crippen LogP contribution in [0.1, 0.15) is 0 Å². The van der Waals surface area contributed by atoms with Crippen LogP contribution in [0.2, 0.25) is 20.4 Å². The van der Waals surface area contributed by atoms with Crippen molar-refractivity contribution >= 4 is 62.2 Å². The first kappa shape index (κ1) is 15.5. The highest BCUT2D eigenvalue weighted by atomic mass is 35.5. The molecule has 0 amide bonds. The molecule has 0 atom stereocenters. The predicted molar refractivity (Wildman–Crippen MR) is 77.1 cm³/mol. The lowest BCUT2D eigenvalue weighted by molar-refractivity contribution is 0.600. The normalized spacial score (nSPS) is 11.4. The minimum Gasteiger partial charge on any atom is -0.262 e. The van der Waals surface area contributed by atoms with Crippen molar-refractivity contribution in [3.8, 4) is 0 Å². The zero-order chi connectivity index (χ0) is 14.9. The number of rotatable bonds is 3. The van der Waals surface area contributed by atoms with E-state index in [0.29, 0.717) is 0 Å². The van der Waals surface area contributed by atoms with Gasteiger partial charge in [-0.05, 0) is 6.07 Å². The molecule has 0 fully saturated rings. The molecule has 0 bridgehead atoms. The molecule has 0 aromatic carbocycles. The molecule has 0 spiro atoms. The Morgan fingerprint density at radius 1 is 1.00 bits per heavy atom. The van der Waals surface area contributed by atoms with Crippen molar-refractivity contribution in [3.63, 3.8) is 0 Å². The first-order valence-electron chi connectivity index (χ1n) is 4.81. The molecule has 11 heteroatoms. The van der Waals surface area contributed by atoms with Gasteiger partial charge in [-0.3, -0.25) is 4.72 Å². The number of halogens is 4. The molecule has 0 aliphatic rings. The highest BCUT2D eigenvalue weighted by Gasteiger charge is 2.19. The standard InChI is InChI=1S/C9H4Cl4N4O2S/c10-5-1-4(2-14-7(5)12)20(18,19)17-9-6(11)8(13)15-3-16-9/h1-3H,(H,15,16,17). The number of anilines is 1. The van der Waals surface area contributed by atoms with Crippen LogP contribution in [0.5, 0.6) is 0 Å². The molecular weight excluding hydrogens is 370 g/mol. The van der Waals surface area contributed by atoms with Gasteiger partial charge < -0.3 is 0 Å². The van der Waals surface area contributed by atoms with E-state index < -0.39 is 10.0 Å². The summed E-state index contributed by atoms with van der Waals surface area (Å²) >= 11 is 22.8. The number of sulfonamides is 1. The molecule has 0 aliphatic heterocycles.